The number of hydrogen-bond acceptors (Lipinski definition) is 3. The number of aryl methyl sites for hydroxylation is 1. The molecule has 0 bridgehead atoms. The van der Waals surface area contributed by atoms with Crippen LogP contribution < -0.4 is 14.8 Å². The molecule has 0 aromatic heterocycles. The van der Waals surface area contributed by atoms with Crippen LogP contribution >= 0.6 is 11.6 Å². The van der Waals surface area contributed by atoms with Gasteiger partial charge in [-0.1, -0.05) is 73.5 Å². The predicted molar refractivity (Wildman–Crippen MR) is 121 cm³/mol. The molecule has 0 amide bonds. The standard InChI is InChI=1S/C25H34ClNO2/c1-3-28-24-15-21(17-27-22-9-7-5-4-6-8-10-22)23(26)16-25(24)29-18-20-13-11-19(2)12-14-20/h11-16,22,27H,3-10,17-18H2,1-2H3. The zero-order chi connectivity index (χ0) is 20.5. The van der Waals surface area contributed by atoms with Crippen LogP contribution in [0.3, 0.4) is 0 Å². The third-order valence-corrected chi connectivity index (χ3v) is 5.97. The van der Waals surface area contributed by atoms with Crippen molar-refractivity contribution in [3.63, 3.8) is 0 Å². The van der Waals surface area contributed by atoms with Crippen LogP contribution in [0.2, 0.25) is 5.02 Å². The van der Waals surface area contributed by atoms with Crippen LogP contribution in [0.25, 0.3) is 0 Å². The van der Waals surface area contributed by atoms with Gasteiger partial charge in [0.05, 0.1) is 6.61 Å². The van der Waals surface area contributed by atoms with Crippen LogP contribution in [0.4, 0.5) is 0 Å². The summed E-state index contributed by atoms with van der Waals surface area (Å²) in [5, 5.41) is 4.45. The molecule has 0 spiro atoms. The first kappa shape index (κ1) is 22.0. The second-order valence-corrected chi connectivity index (χ2v) is 8.43. The first-order valence-corrected chi connectivity index (χ1v) is 11.4. The van der Waals surface area contributed by atoms with E-state index in [1.54, 1.807) is 0 Å². The predicted octanol–water partition coefficient (Wildman–Crippen LogP) is 6.83. The highest BCUT2D eigenvalue weighted by Gasteiger charge is 2.15. The van der Waals surface area contributed by atoms with Crippen molar-refractivity contribution in [2.75, 3.05) is 6.61 Å². The molecular formula is C25H34ClNO2. The molecule has 3 rings (SSSR count). The Morgan fingerprint density at radius 1 is 0.931 bits per heavy atom. The number of nitrogens with one attached hydrogen (secondary N) is 1. The van der Waals surface area contributed by atoms with Crippen molar-refractivity contribution >= 4 is 11.6 Å². The number of ether oxygens (including phenoxy) is 2. The van der Waals surface area contributed by atoms with E-state index in [0.29, 0.717) is 25.0 Å². The molecule has 1 fully saturated rings. The highest BCUT2D eigenvalue weighted by molar-refractivity contribution is 6.31. The summed E-state index contributed by atoms with van der Waals surface area (Å²) in [7, 11) is 0. The van der Waals surface area contributed by atoms with Gasteiger partial charge in [0.1, 0.15) is 6.61 Å². The van der Waals surface area contributed by atoms with Crippen LogP contribution in [0.5, 0.6) is 11.5 Å². The summed E-state index contributed by atoms with van der Waals surface area (Å²) in [6, 6.07) is 12.9. The lowest BCUT2D eigenvalue weighted by Gasteiger charge is -2.22. The molecule has 1 N–H and O–H groups in total. The first-order valence-electron chi connectivity index (χ1n) is 11.0. The van der Waals surface area contributed by atoms with E-state index in [1.165, 1.54) is 50.5 Å². The van der Waals surface area contributed by atoms with Crippen molar-refractivity contribution < 1.29 is 9.47 Å². The average Bonchev–Trinajstić information content (AvgIpc) is 2.69. The quantitative estimate of drug-likeness (QED) is 0.512. The third kappa shape index (κ3) is 6.94. The number of rotatable bonds is 8. The number of benzene rings is 2. The lowest BCUT2D eigenvalue weighted by atomic mass is 9.96. The second-order valence-electron chi connectivity index (χ2n) is 8.02. The maximum Gasteiger partial charge on any atom is 0.163 e. The van der Waals surface area contributed by atoms with Crippen molar-refractivity contribution in [1.82, 2.24) is 5.32 Å². The Bertz CT molecular complexity index is 752. The van der Waals surface area contributed by atoms with Gasteiger partial charge >= 0.3 is 0 Å². The van der Waals surface area contributed by atoms with Gasteiger partial charge in [0, 0.05) is 23.7 Å². The molecule has 2 aromatic rings. The molecule has 0 saturated heterocycles. The minimum Gasteiger partial charge on any atom is -0.490 e. The SMILES string of the molecule is CCOc1cc(CNC2CCCCCCC2)c(Cl)cc1OCc1ccc(C)cc1. The van der Waals surface area contributed by atoms with Crippen LogP contribution in [-0.4, -0.2) is 12.6 Å². The summed E-state index contributed by atoms with van der Waals surface area (Å²) in [6.45, 7) is 5.93. The van der Waals surface area contributed by atoms with Crippen LogP contribution in [0.1, 0.15) is 68.6 Å². The molecule has 0 unspecified atom stereocenters. The fourth-order valence-corrected chi connectivity index (χ4v) is 4.07. The van der Waals surface area contributed by atoms with Crippen molar-refractivity contribution in [3.8, 4) is 11.5 Å². The Hall–Kier alpha value is -1.71. The van der Waals surface area contributed by atoms with Gasteiger partial charge < -0.3 is 14.8 Å². The summed E-state index contributed by atoms with van der Waals surface area (Å²) in [6.07, 6.45) is 9.27. The van der Waals surface area contributed by atoms with Gasteiger partial charge in [-0.15, -0.1) is 0 Å². The fourth-order valence-electron chi connectivity index (χ4n) is 3.85. The monoisotopic (exact) mass is 415 g/mol. The van der Waals surface area contributed by atoms with E-state index in [0.717, 1.165) is 28.4 Å². The molecular weight excluding hydrogens is 382 g/mol. The zero-order valence-electron chi connectivity index (χ0n) is 17.8. The normalized spacial score (nSPS) is 15.6. The molecule has 2 aromatic carbocycles. The van der Waals surface area contributed by atoms with Crippen molar-refractivity contribution in [2.45, 2.75) is 78.0 Å². The molecule has 3 nitrogen and oxygen atoms in total. The molecule has 0 heterocycles. The summed E-state index contributed by atoms with van der Waals surface area (Å²) >= 11 is 6.60. The van der Waals surface area contributed by atoms with Crippen molar-refractivity contribution in [1.29, 1.82) is 0 Å². The van der Waals surface area contributed by atoms with E-state index >= 15 is 0 Å². The summed E-state index contributed by atoms with van der Waals surface area (Å²) < 4.78 is 11.9. The van der Waals surface area contributed by atoms with Gasteiger partial charge in [0.25, 0.3) is 0 Å². The lowest BCUT2D eigenvalue weighted by molar-refractivity contribution is 0.269. The molecule has 1 aliphatic rings. The minimum absolute atomic E-state index is 0.496. The van der Waals surface area contributed by atoms with Gasteiger partial charge in [-0.25, -0.2) is 0 Å². The molecule has 158 valence electrons. The van der Waals surface area contributed by atoms with Crippen LogP contribution in [0.15, 0.2) is 36.4 Å². The Balaban J connectivity index is 1.65. The molecule has 0 radical (unpaired) electrons. The third-order valence-electron chi connectivity index (χ3n) is 5.61. The van der Waals surface area contributed by atoms with Gasteiger partial charge in [0.2, 0.25) is 0 Å². The Labute approximate surface area is 180 Å². The van der Waals surface area contributed by atoms with Crippen LogP contribution in [0, 0.1) is 6.92 Å². The average molecular weight is 416 g/mol. The summed E-state index contributed by atoms with van der Waals surface area (Å²) in [4.78, 5) is 0. The lowest BCUT2D eigenvalue weighted by Crippen LogP contribution is -2.29. The fraction of sp³-hybridized carbons (Fsp3) is 0.520. The highest BCUT2D eigenvalue weighted by Crippen LogP contribution is 2.34. The smallest absolute Gasteiger partial charge is 0.163 e. The largest absolute Gasteiger partial charge is 0.490 e. The minimum atomic E-state index is 0.496. The van der Waals surface area contributed by atoms with Gasteiger partial charge in [0.15, 0.2) is 11.5 Å². The Morgan fingerprint density at radius 3 is 2.28 bits per heavy atom. The molecule has 0 atom stereocenters. The van der Waals surface area contributed by atoms with Crippen LogP contribution in [-0.2, 0) is 13.2 Å². The first-order chi connectivity index (χ1) is 14.2. The highest BCUT2D eigenvalue weighted by atomic mass is 35.5. The van der Waals surface area contributed by atoms with Gasteiger partial charge in [-0.05, 0) is 43.9 Å². The van der Waals surface area contributed by atoms with E-state index in [9.17, 15) is 0 Å². The maximum atomic E-state index is 6.60. The van der Waals surface area contributed by atoms with E-state index in [-0.39, 0.29) is 0 Å². The van der Waals surface area contributed by atoms with Crippen molar-refractivity contribution in [2.24, 2.45) is 0 Å². The topological polar surface area (TPSA) is 30.5 Å². The van der Waals surface area contributed by atoms with Gasteiger partial charge in [-0.3, -0.25) is 0 Å². The number of halogens is 1. The Morgan fingerprint density at radius 2 is 1.59 bits per heavy atom. The zero-order valence-corrected chi connectivity index (χ0v) is 18.6. The molecule has 4 heteroatoms. The van der Waals surface area contributed by atoms with E-state index in [4.69, 9.17) is 21.1 Å². The maximum absolute atomic E-state index is 6.60. The molecule has 0 aliphatic heterocycles. The summed E-state index contributed by atoms with van der Waals surface area (Å²) in [5.41, 5.74) is 3.44. The summed E-state index contributed by atoms with van der Waals surface area (Å²) in [5.74, 6) is 1.46. The van der Waals surface area contributed by atoms with E-state index < -0.39 is 0 Å². The Kier molecular flexibility index (Phi) is 8.69. The molecule has 1 saturated carbocycles. The van der Waals surface area contributed by atoms with E-state index in [2.05, 4.69) is 36.5 Å². The van der Waals surface area contributed by atoms with Crippen molar-refractivity contribution in [3.05, 3.63) is 58.1 Å². The molecule has 29 heavy (non-hydrogen) atoms. The van der Waals surface area contributed by atoms with E-state index in [1.807, 2.05) is 19.1 Å². The number of hydrogen-bond donors (Lipinski definition) is 1. The molecule has 1 aliphatic carbocycles. The van der Waals surface area contributed by atoms with Gasteiger partial charge in [-0.2, -0.15) is 0 Å². The second kappa shape index (κ2) is 11.5.